The molecule has 2 atom stereocenters. The molecule has 0 saturated carbocycles. The molecule has 3 N–H and O–H groups in total. The number of carboxylic acid groups (broad SMARTS) is 2. The van der Waals surface area contributed by atoms with E-state index >= 15 is 0 Å². The van der Waals surface area contributed by atoms with Crippen molar-refractivity contribution in [1.29, 1.82) is 0 Å². The van der Waals surface area contributed by atoms with Crippen molar-refractivity contribution in [1.82, 2.24) is 5.32 Å². The van der Waals surface area contributed by atoms with Gasteiger partial charge in [0.25, 0.3) is 0 Å². The third kappa shape index (κ3) is 1.94. The number of carbonyl (C=O) groups is 2. The molecule has 5 nitrogen and oxygen atoms in total. The molecule has 1 aliphatic rings. The standard InChI is InChI=1S/C7H11NO4/c9-5(10)3-4-1-2-8-6(4)7(11)12/h4,6,8H,1-3H2,(H,9,10)(H,11,12)/t4-,6+/m0/s1. The maximum absolute atomic E-state index is 10.5. The summed E-state index contributed by atoms with van der Waals surface area (Å²) in [7, 11) is 0. The molecule has 0 amide bonds. The normalized spacial score (nSPS) is 28.7. The lowest BCUT2D eigenvalue weighted by Gasteiger charge is -2.12. The zero-order valence-electron chi connectivity index (χ0n) is 6.49. The number of aliphatic carboxylic acids is 2. The number of rotatable bonds is 3. The number of hydrogen-bond donors (Lipinski definition) is 3. The summed E-state index contributed by atoms with van der Waals surface area (Å²) in [6, 6.07) is -0.680. The fourth-order valence-electron chi connectivity index (χ4n) is 1.49. The van der Waals surface area contributed by atoms with Crippen molar-refractivity contribution in [3.05, 3.63) is 0 Å². The van der Waals surface area contributed by atoms with Gasteiger partial charge in [-0.15, -0.1) is 0 Å². The van der Waals surface area contributed by atoms with Crippen molar-refractivity contribution in [2.24, 2.45) is 5.92 Å². The van der Waals surface area contributed by atoms with Gasteiger partial charge in [0.1, 0.15) is 6.04 Å². The van der Waals surface area contributed by atoms with E-state index in [1.54, 1.807) is 0 Å². The molecule has 0 aromatic rings. The Hall–Kier alpha value is -1.10. The van der Waals surface area contributed by atoms with Crippen LogP contribution in [0.4, 0.5) is 0 Å². The quantitative estimate of drug-likeness (QED) is 0.536. The Balaban J connectivity index is 2.52. The maximum Gasteiger partial charge on any atom is 0.320 e. The predicted octanol–water partition coefficient (Wildman–Crippen LogP) is -0.476. The Bertz CT molecular complexity index is 204. The summed E-state index contributed by atoms with van der Waals surface area (Å²) in [5.41, 5.74) is 0. The molecule has 5 heteroatoms. The minimum absolute atomic E-state index is 0.0655. The van der Waals surface area contributed by atoms with E-state index in [0.717, 1.165) is 0 Å². The van der Waals surface area contributed by atoms with Crippen LogP contribution in [0.2, 0.25) is 0 Å². The van der Waals surface area contributed by atoms with Crippen molar-refractivity contribution in [2.75, 3.05) is 6.54 Å². The van der Waals surface area contributed by atoms with E-state index in [2.05, 4.69) is 5.32 Å². The summed E-state index contributed by atoms with van der Waals surface area (Å²) < 4.78 is 0. The van der Waals surface area contributed by atoms with Crippen LogP contribution in [0.5, 0.6) is 0 Å². The summed E-state index contributed by atoms with van der Waals surface area (Å²) >= 11 is 0. The Morgan fingerprint density at radius 2 is 2.08 bits per heavy atom. The lowest BCUT2D eigenvalue weighted by molar-refractivity contribution is -0.141. The van der Waals surface area contributed by atoms with Crippen molar-refractivity contribution in [3.63, 3.8) is 0 Å². The van der Waals surface area contributed by atoms with E-state index in [1.807, 2.05) is 0 Å². The van der Waals surface area contributed by atoms with Gasteiger partial charge in [-0.3, -0.25) is 9.59 Å². The Morgan fingerprint density at radius 1 is 1.42 bits per heavy atom. The second-order valence-corrected chi connectivity index (χ2v) is 2.92. The molecule has 0 aromatic heterocycles. The maximum atomic E-state index is 10.5. The molecule has 0 bridgehead atoms. The first-order valence-corrected chi connectivity index (χ1v) is 3.79. The van der Waals surface area contributed by atoms with E-state index in [-0.39, 0.29) is 12.3 Å². The molecular formula is C7H11NO4. The van der Waals surface area contributed by atoms with Gasteiger partial charge in [-0.25, -0.2) is 0 Å². The van der Waals surface area contributed by atoms with Gasteiger partial charge in [0.15, 0.2) is 0 Å². The SMILES string of the molecule is O=C(O)C[C@@H]1CCN[C@H]1C(=O)O. The Morgan fingerprint density at radius 3 is 2.58 bits per heavy atom. The molecule has 0 spiro atoms. The third-order valence-corrected chi connectivity index (χ3v) is 2.05. The fourth-order valence-corrected chi connectivity index (χ4v) is 1.49. The van der Waals surface area contributed by atoms with Crippen LogP contribution in [-0.2, 0) is 9.59 Å². The highest BCUT2D eigenvalue weighted by Crippen LogP contribution is 2.19. The van der Waals surface area contributed by atoms with E-state index in [4.69, 9.17) is 10.2 Å². The van der Waals surface area contributed by atoms with Gasteiger partial charge < -0.3 is 15.5 Å². The van der Waals surface area contributed by atoms with Crippen LogP contribution in [0, 0.1) is 5.92 Å². The molecule has 0 radical (unpaired) electrons. The molecule has 12 heavy (non-hydrogen) atoms. The fraction of sp³-hybridized carbons (Fsp3) is 0.714. The zero-order chi connectivity index (χ0) is 9.14. The minimum atomic E-state index is -0.959. The Kier molecular flexibility index (Phi) is 2.65. The first-order valence-electron chi connectivity index (χ1n) is 3.79. The summed E-state index contributed by atoms with van der Waals surface area (Å²) in [5, 5.41) is 19.8. The Labute approximate surface area is 69.4 Å². The van der Waals surface area contributed by atoms with Crippen molar-refractivity contribution in [2.45, 2.75) is 18.9 Å². The average molecular weight is 173 g/mol. The summed E-state index contributed by atoms with van der Waals surface area (Å²) in [6.45, 7) is 0.592. The molecule has 1 aliphatic heterocycles. The highest BCUT2D eigenvalue weighted by Gasteiger charge is 2.33. The molecule has 1 fully saturated rings. The largest absolute Gasteiger partial charge is 0.481 e. The highest BCUT2D eigenvalue weighted by molar-refractivity contribution is 5.76. The van der Waals surface area contributed by atoms with Gasteiger partial charge in [0.2, 0.25) is 0 Å². The van der Waals surface area contributed by atoms with Gasteiger partial charge in [-0.05, 0) is 18.9 Å². The summed E-state index contributed by atoms with van der Waals surface area (Å²) in [5.74, 6) is -2.16. The molecule has 68 valence electrons. The van der Waals surface area contributed by atoms with Crippen LogP contribution < -0.4 is 5.32 Å². The molecular weight excluding hydrogens is 162 g/mol. The topological polar surface area (TPSA) is 86.6 Å². The van der Waals surface area contributed by atoms with Crippen molar-refractivity contribution in [3.8, 4) is 0 Å². The molecule has 1 rings (SSSR count). The molecule has 0 unspecified atom stereocenters. The van der Waals surface area contributed by atoms with Gasteiger partial charge in [-0.1, -0.05) is 0 Å². The first kappa shape index (κ1) is 8.99. The number of hydrogen-bond acceptors (Lipinski definition) is 3. The van der Waals surface area contributed by atoms with Crippen LogP contribution >= 0.6 is 0 Å². The van der Waals surface area contributed by atoms with Crippen LogP contribution in [0.25, 0.3) is 0 Å². The van der Waals surface area contributed by atoms with Crippen LogP contribution in [0.1, 0.15) is 12.8 Å². The van der Waals surface area contributed by atoms with Crippen molar-refractivity contribution < 1.29 is 19.8 Å². The van der Waals surface area contributed by atoms with Gasteiger partial charge >= 0.3 is 11.9 Å². The van der Waals surface area contributed by atoms with Gasteiger partial charge in [-0.2, -0.15) is 0 Å². The second-order valence-electron chi connectivity index (χ2n) is 2.92. The van der Waals surface area contributed by atoms with E-state index in [1.165, 1.54) is 0 Å². The predicted molar refractivity (Wildman–Crippen MR) is 39.8 cm³/mol. The summed E-state index contributed by atoms with van der Waals surface area (Å²) in [6.07, 6.45) is 0.563. The molecule has 0 aliphatic carbocycles. The van der Waals surface area contributed by atoms with E-state index in [9.17, 15) is 9.59 Å². The molecule has 1 saturated heterocycles. The molecule has 1 heterocycles. The molecule has 0 aromatic carbocycles. The highest BCUT2D eigenvalue weighted by atomic mass is 16.4. The van der Waals surface area contributed by atoms with Crippen LogP contribution in [0.3, 0.4) is 0 Å². The van der Waals surface area contributed by atoms with Gasteiger partial charge in [0.05, 0.1) is 6.42 Å². The minimum Gasteiger partial charge on any atom is -0.481 e. The number of carboxylic acids is 2. The zero-order valence-corrected chi connectivity index (χ0v) is 6.49. The second kappa shape index (κ2) is 3.53. The average Bonchev–Trinajstić information content (AvgIpc) is 2.33. The van der Waals surface area contributed by atoms with Crippen molar-refractivity contribution >= 4 is 11.9 Å². The first-order chi connectivity index (χ1) is 5.61. The van der Waals surface area contributed by atoms with Gasteiger partial charge in [0, 0.05) is 0 Å². The monoisotopic (exact) mass is 173 g/mol. The number of nitrogens with one attached hydrogen (secondary N) is 1. The third-order valence-electron chi connectivity index (χ3n) is 2.05. The lowest BCUT2D eigenvalue weighted by atomic mass is 9.97. The summed E-state index contributed by atoms with van der Waals surface area (Å²) in [4.78, 5) is 20.8. The smallest absolute Gasteiger partial charge is 0.320 e. The van der Waals surface area contributed by atoms with Crippen LogP contribution in [0.15, 0.2) is 0 Å². The van der Waals surface area contributed by atoms with Crippen LogP contribution in [-0.4, -0.2) is 34.7 Å². The van der Waals surface area contributed by atoms with E-state index in [0.29, 0.717) is 13.0 Å². The van der Waals surface area contributed by atoms with E-state index < -0.39 is 18.0 Å². The lowest BCUT2D eigenvalue weighted by Crippen LogP contribution is -2.36.